The summed E-state index contributed by atoms with van der Waals surface area (Å²) in [5, 5.41) is 10.4. The number of methoxy groups -OCH3 is 1. The molecule has 3 aromatic rings. The second kappa shape index (κ2) is 9.43. The van der Waals surface area contributed by atoms with Crippen LogP contribution in [0.15, 0.2) is 53.7 Å². The summed E-state index contributed by atoms with van der Waals surface area (Å²) in [7, 11) is 5.58. The summed E-state index contributed by atoms with van der Waals surface area (Å²) in [4.78, 5) is 12.9. The maximum atomic E-state index is 11.6. The lowest BCUT2D eigenvalue weighted by atomic mass is 10.1. The number of nitrogens with one attached hydrogen (secondary N) is 1. The van der Waals surface area contributed by atoms with Crippen LogP contribution in [0, 0.1) is 0 Å². The van der Waals surface area contributed by atoms with E-state index in [0.29, 0.717) is 16.3 Å². The fourth-order valence-electron chi connectivity index (χ4n) is 2.75. The van der Waals surface area contributed by atoms with Crippen molar-refractivity contribution in [2.45, 2.75) is 23.9 Å². The van der Waals surface area contributed by atoms with E-state index in [1.54, 1.807) is 23.9 Å². The summed E-state index contributed by atoms with van der Waals surface area (Å²) in [6, 6.07) is 15.3. The molecule has 8 heteroatoms. The number of hydrogen-bond donors (Lipinski definition) is 1. The van der Waals surface area contributed by atoms with Crippen molar-refractivity contribution in [3.63, 3.8) is 0 Å². The quantitative estimate of drug-likeness (QED) is 0.459. The topological polar surface area (TPSA) is 61.4 Å². The van der Waals surface area contributed by atoms with E-state index >= 15 is 0 Å². The number of quaternary nitrogens is 1. The van der Waals surface area contributed by atoms with Gasteiger partial charge in [-0.15, -0.1) is 10.2 Å². The molecule has 1 heterocycles. The van der Waals surface area contributed by atoms with Crippen LogP contribution in [-0.4, -0.2) is 41.9 Å². The molecular formula is C21H24ClN4O2S+. The summed E-state index contributed by atoms with van der Waals surface area (Å²) < 4.78 is 6.83. The highest BCUT2D eigenvalue weighted by molar-refractivity contribution is 7.98. The van der Waals surface area contributed by atoms with Gasteiger partial charge in [-0.25, -0.2) is 4.79 Å². The standard InChI is InChI=1S/C21H23ClN4O2S/c1-14(25(2)3)19-23-24-21(26(19)18-11-9-17(22)10-12-18)29-13-15-5-7-16(8-6-15)20(27)28-4/h5-12,14H,13H2,1-4H3/p+1/t14-/m1/s1. The molecule has 0 amide bonds. The number of rotatable bonds is 7. The van der Waals surface area contributed by atoms with Crippen LogP contribution in [0.5, 0.6) is 0 Å². The maximum absolute atomic E-state index is 11.6. The molecule has 0 saturated heterocycles. The third kappa shape index (κ3) is 4.98. The smallest absolute Gasteiger partial charge is 0.337 e. The lowest BCUT2D eigenvalue weighted by molar-refractivity contribution is -0.890. The molecule has 0 unspecified atom stereocenters. The van der Waals surface area contributed by atoms with Gasteiger partial charge in [0, 0.05) is 16.5 Å². The molecule has 1 atom stereocenters. The molecular weight excluding hydrogens is 408 g/mol. The van der Waals surface area contributed by atoms with E-state index in [1.807, 2.05) is 36.4 Å². The highest BCUT2D eigenvalue weighted by atomic mass is 35.5. The van der Waals surface area contributed by atoms with Crippen LogP contribution in [0.1, 0.15) is 34.7 Å². The fourth-order valence-corrected chi connectivity index (χ4v) is 3.79. The molecule has 0 bridgehead atoms. The van der Waals surface area contributed by atoms with Crippen molar-refractivity contribution in [3.05, 3.63) is 70.5 Å². The number of ether oxygens (including phenoxy) is 1. The molecule has 0 aliphatic heterocycles. The lowest BCUT2D eigenvalue weighted by Gasteiger charge is -2.18. The van der Waals surface area contributed by atoms with Gasteiger partial charge in [-0.05, 0) is 48.9 Å². The number of nitrogens with zero attached hydrogens (tertiary/aromatic N) is 3. The van der Waals surface area contributed by atoms with E-state index in [0.717, 1.165) is 22.2 Å². The predicted molar refractivity (Wildman–Crippen MR) is 115 cm³/mol. The van der Waals surface area contributed by atoms with E-state index in [1.165, 1.54) is 12.0 Å². The summed E-state index contributed by atoms with van der Waals surface area (Å²) in [5.74, 6) is 1.27. The largest absolute Gasteiger partial charge is 0.465 e. The summed E-state index contributed by atoms with van der Waals surface area (Å²) in [6.07, 6.45) is 0. The maximum Gasteiger partial charge on any atom is 0.337 e. The normalized spacial score (nSPS) is 12.2. The monoisotopic (exact) mass is 431 g/mol. The van der Waals surface area contributed by atoms with Crippen molar-refractivity contribution in [3.8, 4) is 5.69 Å². The van der Waals surface area contributed by atoms with Crippen LogP contribution >= 0.6 is 23.4 Å². The highest BCUT2D eigenvalue weighted by Gasteiger charge is 2.23. The van der Waals surface area contributed by atoms with E-state index in [2.05, 4.69) is 35.8 Å². The number of benzene rings is 2. The van der Waals surface area contributed by atoms with E-state index < -0.39 is 0 Å². The minimum Gasteiger partial charge on any atom is -0.465 e. The molecule has 1 N–H and O–H groups in total. The minimum absolute atomic E-state index is 0.173. The summed E-state index contributed by atoms with van der Waals surface area (Å²) in [6.45, 7) is 2.13. The molecule has 0 radical (unpaired) electrons. The zero-order chi connectivity index (χ0) is 21.0. The first-order chi connectivity index (χ1) is 13.9. The van der Waals surface area contributed by atoms with E-state index in [4.69, 9.17) is 16.3 Å². The Morgan fingerprint density at radius 3 is 2.38 bits per heavy atom. The van der Waals surface area contributed by atoms with Gasteiger partial charge in [0.05, 0.1) is 26.8 Å². The van der Waals surface area contributed by atoms with E-state index in [9.17, 15) is 4.79 Å². The van der Waals surface area contributed by atoms with Crippen LogP contribution in [0.3, 0.4) is 0 Å². The molecule has 6 nitrogen and oxygen atoms in total. The van der Waals surface area contributed by atoms with Gasteiger partial charge in [-0.1, -0.05) is 35.5 Å². The van der Waals surface area contributed by atoms with Crippen molar-refractivity contribution in [1.29, 1.82) is 0 Å². The van der Waals surface area contributed by atoms with E-state index in [-0.39, 0.29) is 12.0 Å². The number of thioether (sulfide) groups is 1. The highest BCUT2D eigenvalue weighted by Crippen LogP contribution is 2.27. The van der Waals surface area contributed by atoms with Gasteiger partial charge in [0.25, 0.3) is 0 Å². The van der Waals surface area contributed by atoms with Gasteiger partial charge in [0.2, 0.25) is 0 Å². The second-order valence-corrected chi connectivity index (χ2v) is 8.31. The van der Waals surface area contributed by atoms with Crippen molar-refractivity contribution in [2.24, 2.45) is 0 Å². The molecule has 29 heavy (non-hydrogen) atoms. The minimum atomic E-state index is -0.337. The van der Waals surface area contributed by atoms with Gasteiger partial charge in [-0.2, -0.15) is 0 Å². The van der Waals surface area contributed by atoms with Crippen LogP contribution in [-0.2, 0) is 10.5 Å². The van der Waals surface area contributed by atoms with Gasteiger partial charge >= 0.3 is 5.97 Å². The van der Waals surface area contributed by atoms with Crippen molar-refractivity contribution >= 4 is 29.3 Å². The van der Waals surface area contributed by atoms with Crippen molar-refractivity contribution in [1.82, 2.24) is 14.8 Å². The molecule has 0 spiro atoms. The molecule has 0 saturated carbocycles. The first kappa shape index (κ1) is 21.4. The summed E-state index contributed by atoms with van der Waals surface area (Å²) >= 11 is 7.67. The number of esters is 1. The molecule has 0 aliphatic carbocycles. The Labute approximate surface area is 179 Å². The number of carbonyl (C=O) groups excluding carboxylic acids is 1. The van der Waals surface area contributed by atoms with Crippen molar-refractivity contribution in [2.75, 3.05) is 21.2 Å². The van der Waals surface area contributed by atoms with Crippen LogP contribution < -0.4 is 4.90 Å². The first-order valence-corrected chi connectivity index (χ1v) is 10.6. The Morgan fingerprint density at radius 2 is 1.79 bits per heavy atom. The zero-order valence-electron chi connectivity index (χ0n) is 16.8. The van der Waals surface area contributed by atoms with Gasteiger partial charge < -0.3 is 9.64 Å². The predicted octanol–water partition coefficient (Wildman–Crippen LogP) is 3.21. The molecule has 3 rings (SSSR count). The van der Waals surface area contributed by atoms with Crippen LogP contribution in [0.25, 0.3) is 5.69 Å². The second-order valence-electron chi connectivity index (χ2n) is 6.93. The first-order valence-electron chi connectivity index (χ1n) is 9.22. The SMILES string of the molecule is COC(=O)c1ccc(CSc2nnc([C@@H](C)[NH+](C)C)n2-c2ccc(Cl)cc2)cc1. The number of halogens is 1. The van der Waals surface area contributed by atoms with Gasteiger partial charge in [-0.3, -0.25) is 4.57 Å². The fraction of sp³-hybridized carbons (Fsp3) is 0.286. The van der Waals surface area contributed by atoms with Crippen LogP contribution in [0.2, 0.25) is 5.02 Å². The zero-order valence-corrected chi connectivity index (χ0v) is 18.4. The molecule has 2 aromatic carbocycles. The molecule has 152 valence electrons. The average molecular weight is 432 g/mol. The Balaban J connectivity index is 1.87. The average Bonchev–Trinajstić information content (AvgIpc) is 3.15. The molecule has 0 aliphatic rings. The van der Waals surface area contributed by atoms with Crippen LogP contribution in [0.4, 0.5) is 0 Å². The Hall–Kier alpha value is -2.35. The Morgan fingerprint density at radius 1 is 1.14 bits per heavy atom. The Kier molecular flexibility index (Phi) is 6.95. The van der Waals surface area contributed by atoms with Gasteiger partial charge in [0.1, 0.15) is 6.04 Å². The third-order valence-corrected chi connectivity index (χ3v) is 5.99. The van der Waals surface area contributed by atoms with Crippen molar-refractivity contribution < 1.29 is 14.4 Å². The summed E-state index contributed by atoms with van der Waals surface area (Å²) in [5.41, 5.74) is 2.60. The lowest BCUT2D eigenvalue weighted by Crippen LogP contribution is -3.05. The van der Waals surface area contributed by atoms with Gasteiger partial charge in [0.15, 0.2) is 11.0 Å². The Bertz CT molecular complexity index is 971. The number of carbonyl (C=O) groups is 1. The number of aromatic nitrogens is 3. The molecule has 1 aromatic heterocycles. The number of hydrogen-bond acceptors (Lipinski definition) is 5. The third-order valence-electron chi connectivity index (χ3n) is 4.74. The molecule has 0 fully saturated rings.